The topological polar surface area (TPSA) is 57.6 Å². The lowest BCUT2D eigenvalue weighted by Crippen LogP contribution is -2.30. The molecule has 1 aromatic carbocycles. The summed E-state index contributed by atoms with van der Waals surface area (Å²) in [6, 6.07) is 6.05. The molecule has 1 aromatic rings. The molecule has 0 bridgehead atoms. The van der Waals surface area contributed by atoms with Gasteiger partial charge in [0, 0.05) is 11.8 Å². The van der Waals surface area contributed by atoms with E-state index in [0.717, 1.165) is 0 Å². The van der Waals surface area contributed by atoms with Gasteiger partial charge in [-0.25, -0.2) is 0 Å². The smallest absolute Gasteiger partial charge is 0.237 e. The van der Waals surface area contributed by atoms with Crippen molar-refractivity contribution in [3.05, 3.63) is 24.3 Å². The third-order valence-electron chi connectivity index (χ3n) is 3.08. The Labute approximate surface area is 93.5 Å². The molecule has 0 spiro atoms. The van der Waals surface area contributed by atoms with Crippen molar-refractivity contribution in [2.24, 2.45) is 11.8 Å². The zero-order valence-corrected chi connectivity index (χ0v) is 9.18. The number of carbonyl (C=O) groups is 2. The number of aromatic hydroxyl groups is 1. The summed E-state index contributed by atoms with van der Waals surface area (Å²) < 4.78 is 0. The predicted octanol–water partition coefficient (Wildman–Crippen LogP) is 1.54. The maximum Gasteiger partial charge on any atom is 0.237 e. The Hall–Kier alpha value is -1.84. The number of hydrogen-bond donors (Lipinski definition) is 1. The lowest BCUT2D eigenvalue weighted by atomic mass is 10.00. The minimum absolute atomic E-state index is 0.115. The second-order valence-corrected chi connectivity index (χ2v) is 4.11. The summed E-state index contributed by atoms with van der Waals surface area (Å²) >= 11 is 0. The maximum atomic E-state index is 11.9. The van der Waals surface area contributed by atoms with Gasteiger partial charge in [0.15, 0.2) is 0 Å². The zero-order chi connectivity index (χ0) is 11.9. The monoisotopic (exact) mass is 219 g/mol. The standard InChI is InChI=1S/C12H13NO3/c1-7-8(2)12(16)13(11(7)15)9-3-5-10(14)6-4-9/h3-8,14H,1-2H3. The van der Waals surface area contributed by atoms with Crippen LogP contribution in [-0.2, 0) is 9.59 Å². The number of imide groups is 1. The quantitative estimate of drug-likeness (QED) is 0.729. The van der Waals surface area contributed by atoms with E-state index in [1.165, 1.54) is 17.0 Å². The van der Waals surface area contributed by atoms with E-state index in [1.54, 1.807) is 26.0 Å². The van der Waals surface area contributed by atoms with Gasteiger partial charge >= 0.3 is 0 Å². The summed E-state index contributed by atoms with van der Waals surface area (Å²) in [5.41, 5.74) is 0.518. The third-order valence-corrected chi connectivity index (χ3v) is 3.08. The highest BCUT2D eigenvalue weighted by molar-refractivity contribution is 6.21. The first-order valence-corrected chi connectivity index (χ1v) is 5.19. The molecule has 4 heteroatoms. The van der Waals surface area contributed by atoms with Crippen LogP contribution in [0.5, 0.6) is 5.75 Å². The maximum absolute atomic E-state index is 11.9. The molecule has 2 amide bonds. The number of anilines is 1. The van der Waals surface area contributed by atoms with Gasteiger partial charge in [-0.05, 0) is 24.3 Å². The molecular weight excluding hydrogens is 206 g/mol. The summed E-state index contributed by atoms with van der Waals surface area (Å²) in [4.78, 5) is 24.9. The van der Waals surface area contributed by atoms with Crippen LogP contribution in [0.2, 0.25) is 0 Å². The third kappa shape index (κ3) is 1.46. The molecule has 4 nitrogen and oxygen atoms in total. The van der Waals surface area contributed by atoms with Crippen molar-refractivity contribution >= 4 is 17.5 Å². The highest BCUT2D eigenvalue weighted by atomic mass is 16.3. The van der Waals surface area contributed by atoms with Crippen LogP contribution in [0.15, 0.2) is 24.3 Å². The van der Waals surface area contributed by atoms with Gasteiger partial charge in [-0.15, -0.1) is 0 Å². The van der Waals surface area contributed by atoms with Gasteiger partial charge < -0.3 is 5.11 Å². The second-order valence-electron chi connectivity index (χ2n) is 4.11. The highest BCUT2D eigenvalue weighted by Crippen LogP contribution is 2.30. The van der Waals surface area contributed by atoms with E-state index >= 15 is 0 Å². The van der Waals surface area contributed by atoms with Crippen LogP contribution in [0.4, 0.5) is 5.69 Å². The number of nitrogens with zero attached hydrogens (tertiary/aromatic N) is 1. The van der Waals surface area contributed by atoms with Crippen LogP contribution in [0.3, 0.4) is 0 Å². The molecule has 0 aromatic heterocycles. The number of carbonyl (C=O) groups excluding carboxylic acids is 2. The number of benzene rings is 1. The van der Waals surface area contributed by atoms with E-state index in [9.17, 15) is 9.59 Å². The van der Waals surface area contributed by atoms with Crippen molar-refractivity contribution in [1.29, 1.82) is 0 Å². The average Bonchev–Trinajstić information content (AvgIpc) is 2.46. The minimum atomic E-state index is -0.277. The Kier molecular flexibility index (Phi) is 2.42. The van der Waals surface area contributed by atoms with Gasteiger partial charge in [0.2, 0.25) is 11.8 Å². The molecule has 2 unspecified atom stereocenters. The van der Waals surface area contributed by atoms with Crippen molar-refractivity contribution in [2.75, 3.05) is 4.90 Å². The summed E-state index contributed by atoms with van der Waals surface area (Å²) in [5.74, 6) is -0.794. The Morgan fingerprint density at radius 2 is 1.44 bits per heavy atom. The molecule has 1 aliphatic heterocycles. The van der Waals surface area contributed by atoms with Gasteiger partial charge in [0.05, 0.1) is 5.69 Å². The van der Waals surface area contributed by atoms with Crippen molar-refractivity contribution < 1.29 is 14.7 Å². The number of phenolic OH excluding ortho intramolecular Hbond substituents is 1. The van der Waals surface area contributed by atoms with Crippen molar-refractivity contribution in [3.63, 3.8) is 0 Å². The summed E-state index contributed by atoms with van der Waals surface area (Å²) in [5, 5.41) is 9.15. The Bertz CT molecular complexity index is 418. The van der Waals surface area contributed by atoms with Gasteiger partial charge in [-0.3, -0.25) is 14.5 Å². The van der Waals surface area contributed by atoms with Crippen LogP contribution in [0.1, 0.15) is 13.8 Å². The summed E-state index contributed by atoms with van der Waals surface area (Å²) in [6.45, 7) is 3.51. The fourth-order valence-electron chi connectivity index (χ4n) is 1.80. The number of amides is 2. The molecule has 1 heterocycles. The van der Waals surface area contributed by atoms with E-state index < -0.39 is 0 Å². The molecule has 0 radical (unpaired) electrons. The van der Waals surface area contributed by atoms with Crippen LogP contribution >= 0.6 is 0 Å². The number of hydrogen-bond acceptors (Lipinski definition) is 3. The van der Waals surface area contributed by atoms with Crippen molar-refractivity contribution in [2.45, 2.75) is 13.8 Å². The fraction of sp³-hybridized carbons (Fsp3) is 0.333. The van der Waals surface area contributed by atoms with E-state index in [1.807, 2.05) is 0 Å². The van der Waals surface area contributed by atoms with Gasteiger partial charge in [0.1, 0.15) is 5.75 Å². The molecule has 1 saturated heterocycles. The van der Waals surface area contributed by atoms with Gasteiger partial charge in [0.25, 0.3) is 0 Å². The van der Waals surface area contributed by atoms with E-state index in [0.29, 0.717) is 5.69 Å². The molecule has 2 rings (SSSR count). The Balaban J connectivity index is 2.38. The first-order chi connectivity index (χ1) is 7.52. The highest BCUT2D eigenvalue weighted by Gasteiger charge is 2.42. The SMILES string of the molecule is CC1C(=O)N(c2ccc(O)cc2)C(=O)C1C. The molecular formula is C12H13NO3. The fourth-order valence-corrected chi connectivity index (χ4v) is 1.80. The van der Waals surface area contributed by atoms with Gasteiger partial charge in [-0.1, -0.05) is 13.8 Å². The molecule has 84 valence electrons. The molecule has 0 saturated carbocycles. The Morgan fingerprint density at radius 1 is 1.00 bits per heavy atom. The van der Waals surface area contributed by atoms with Crippen LogP contribution in [0, 0.1) is 11.8 Å². The molecule has 16 heavy (non-hydrogen) atoms. The number of phenols is 1. The van der Waals surface area contributed by atoms with E-state index in [2.05, 4.69) is 0 Å². The normalized spacial score (nSPS) is 25.2. The van der Waals surface area contributed by atoms with Crippen molar-refractivity contribution in [1.82, 2.24) is 0 Å². The van der Waals surface area contributed by atoms with Crippen LogP contribution in [0.25, 0.3) is 0 Å². The summed E-state index contributed by atoms with van der Waals surface area (Å²) in [7, 11) is 0. The van der Waals surface area contributed by atoms with Gasteiger partial charge in [-0.2, -0.15) is 0 Å². The van der Waals surface area contributed by atoms with Crippen LogP contribution < -0.4 is 4.90 Å². The lowest BCUT2D eigenvalue weighted by Gasteiger charge is -2.14. The van der Waals surface area contributed by atoms with Crippen molar-refractivity contribution in [3.8, 4) is 5.75 Å². The number of rotatable bonds is 1. The van der Waals surface area contributed by atoms with E-state index in [-0.39, 0.29) is 29.4 Å². The second kappa shape index (κ2) is 3.63. The molecule has 0 aliphatic carbocycles. The first kappa shape index (κ1) is 10.7. The zero-order valence-electron chi connectivity index (χ0n) is 9.18. The average molecular weight is 219 g/mol. The first-order valence-electron chi connectivity index (χ1n) is 5.19. The molecule has 1 fully saturated rings. The minimum Gasteiger partial charge on any atom is -0.508 e. The largest absolute Gasteiger partial charge is 0.508 e. The predicted molar refractivity (Wildman–Crippen MR) is 58.9 cm³/mol. The Morgan fingerprint density at radius 3 is 1.88 bits per heavy atom. The van der Waals surface area contributed by atoms with E-state index in [4.69, 9.17) is 5.11 Å². The lowest BCUT2D eigenvalue weighted by molar-refractivity contribution is -0.122. The molecule has 1 N–H and O–H groups in total. The van der Waals surface area contributed by atoms with Crippen LogP contribution in [-0.4, -0.2) is 16.9 Å². The summed E-state index contributed by atoms with van der Waals surface area (Å²) in [6.07, 6.45) is 0. The molecule has 1 aliphatic rings. The molecule has 2 atom stereocenters.